The lowest BCUT2D eigenvalue weighted by Gasteiger charge is -2.43. The zero-order chi connectivity index (χ0) is 32.6. The van der Waals surface area contributed by atoms with Gasteiger partial charge >= 0.3 is 5.97 Å². The fourth-order valence-corrected chi connectivity index (χ4v) is 8.84. The summed E-state index contributed by atoms with van der Waals surface area (Å²) < 4.78 is 34.3. The Hall–Kier alpha value is -3.14. The first kappa shape index (κ1) is 32.8. The molecule has 46 heavy (non-hydrogen) atoms. The highest BCUT2D eigenvalue weighted by molar-refractivity contribution is 7.89. The van der Waals surface area contributed by atoms with Gasteiger partial charge in [-0.05, 0) is 48.9 Å². The third-order valence-electron chi connectivity index (χ3n) is 8.71. The van der Waals surface area contributed by atoms with Gasteiger partial charge in [0.1, 0.15) is 6.04 Å². The summed E-state index contributed by atoms with van der Waals surface area (Å²) in [5, 5.41) is 5.79. The van der Waals surface area contributed by atoms with E-state index in [1.807, 2.05) is 4.90 Å². The normalized spacial score (nSPS) is 21.3. The standard InChI is InChI=1S/C31H37ClN6O6S2/c1-3-44-28(39)19-35-8-10-36(11-9-35)30(40)26-18-37(46(42,43)24-7-5-21-15-23(32)6-4-22(21)16-24)12-13-38(26)31(41)29-34-25-14-20(2)33-17-27(25)45-29/h4-7,15-16,20,26,33H,3,8-14,17-19H2,1-2H3. The molecule has 6 rings (SSSR count). The number of carbonyl (C=O) groups excluding carboxylic acids is 3. The van der Waals surface area contributed by atoms with E-state index < -0.39 is 16.1 Å². The Labute approximate surface area is 277 Å². The number of benzene rings is 2. The predicted octanol–water partition coefficient (Wildman–Crippen LogP) is 2.21. The summed E-state index contributed by atoms with van der Waals surface area (Å²) >= 11 is 7.44. The van der Waals surface area contributed by atoms with E-state index in [9.17, 15) is 22.8 Å². The van der Waals surface area contributed by atoms with Gasteiger partial charge in [-0.2, -0.15) is 4.31 Å². The smallest absolute Gasteiger partial charge is 0.320 e. The van der Waals surface area contributed by atoms with Crippen LogP contribution in [0.25, 0.3) is 10.8 Å². The fourth-order valence-electron chi connectivity index (χ4n) is 6.19. The van der Waals surface area contributed by atoms with Crippen LogP contribution in [0.15, 0.2) is 41.3 Å². The Morgan fingerprint density at radius 1 is 1.04 bits per heavy atom. The molecule has 0 radical (unpaired) electrons. The number of amides is 2. The van der Waals surface area contributed by atoms with Gasteiger partial charge in [0.15, 0.2) is 5.01 Å². The van der Waals surface area contributed by atoms with Gasteiger partial charge in [-0.15, -0.1) is 11.3 Å². The number of nitrogens with one attached hydrogen (secondary N) is 1. The monoisotopic (exact) mass is 688 g/mol. The number of ether oxygens (including phenoxy) is 1. The van der Waals surface area contributed by atoms with Crippen molar-refractivity contribution in [3.8, 4) is 0 Å². The average molecular weight is 689 g/mol. The Morgan fingerprint density at radius 3 is 2.54 bits per heavy atom. The summed E-state index contributed by atoms with van der Waals surface area (Å²) in [5.74, 6) is -1.01. The molecule has 3 aliphatic heterocycles. The molecule has 246 valence electrons. The molecule has 3 aliphatic rings. The van der Waals surface area contributed by atoms with Gasteiger partial charge in [0.2, 0.25) is 15.9 Å². The molecular weight excluding hydrogens is 652 g/mol. The highest BCUT2D eigenvalue weighted by atomic mass is 35.5. The molecule has 0 saturated carbocycles. The van der Waals surface area contributed by atoms with Crippen LogP contribution in [0, 0.1) is 0 Å². The molecule has 0 bridgehead atoms. The van der Waals surface area contributed by atoms with E-state index in [4.69, 9.17) is 16.3 Å². The second-order valence-corrected chi connectivity index (χ2v) is 15.3. The van der Waals surface area contributed by atoms with Crippen LogP contribution < -0.4 is 5.32 Å². The van der Waals surface area contributed by atoms with Gasteiger partial charge in [0.25, 0.3) is 5.91 Å². The minimum atomic E-state index is -4.00. The number of aromatic nitrogens is 1. The van der Waals surface area contributed by atoms with Crippen molar-refractivity contribution in [3.05, 3.63) is 57.0 Å². The van der Waals surface area contributed by atoms with Crippen molar-refractivity contribution in [2.24, 2.45) is 0 Å². The van der Waals surface area contributed by atoms with Crippen molar-refractivity contribution in [1.29, 1.82) is 0 Å². The Morgan fingerprint density at radius 2 is 1.78 bits per heavy atom. The molecule has 3 aromatic rings. The molecule has 2 saturated heterocycles. The van der Waals surface area contributed by atoms with Crippen LogP contribution in [0.3, 0.4) is 0 Å². The van der Waals surface area contributed by atoms with E-state index in [2.05, 4.69) is 17.2 Å². The number of nitrogens with zero attached hydrogens (tertiary/aromatic N) is 5. The zero-order valence-corrected chi connectivity index (χ0v) is 28.2. The van der Waals surface area contributed by atoms with Gasteiger partial charge in [-0.1, -0.05) is 23.7 Å². The SMILES string of the molecule is CCOC(=O)CN1CCN(C(=O)C2CN(S(=O)(=O)c3ccc4cc(Cl)ccc4c3)CCN2C(=O)c2nc3c(s2)CNC(C)C3)CC1. The number of thiazole rings is 1. The number of esters is 1. The zero-order valence-electron chi connectivity index (χ0n) is 25.8. The molecule has 2 fully saturated rings. The van der Waals surface area contributed by atoms with Crippen LogP contribution in [0.1, 0.15) is 34.2 Å². The van der Waals surface area contributed by atoms with E-state index >= 15 is 0 Å². The quantitative estimate of drug-likeness (QED) is 0.371. The molecule has 0 aliphatic carbocycles. The minimum absolute atomic E-state index is 0.0352. The summed E-state index contributed by atoms with van der Waals surface area (Å²) in [6.07, 6.45) is 0.710. The first-order valence-corrected chi connectivity index (χ1v) is 18.1. The summed E-state index contributed by atoms with van der Waals surface area (Å²) in [7, 11) is -4.00. The third kappa shape index (κ3) is 6.78. The number of sulfonamides is 1. The van der Waals surface area contributed by atoms with Crippen LogP contribution in [0.2, 0.25) is 5.02 Å². The molecule has 12 nitrogen and oxygen atoms in total. The number of halogens is 1. The molecule has 4 heterocycles. The topological polar surface area (TPSA) is 132 Å². The molecular formula is C31H37ClN6O6S2. The van der Waals surface area contributed by atoms with Crippen molar-refractivity contribution < 1.29 is 27.5 Å². The van der Waals surface area contributed by atoms with Gasteiger partial charge in [-0.25, -0.2) is 13.4 Å². The van der Waals surface area contributed by atoms with Crippen LogP contribution in [0.4, 0.5) is 0 Å². The number of rotatable bonds is 7. The number of hydrogen-bond acceptors (Lipinski definition) is 10. The molecule has 2 aromatic carbocycles. The van der Waals surface area contributed by atoms with Crippen molar-refractivity contribution in [3.63, 3.8) is 0 Å². The predicted molar refractivity (Wildman–Crippen MR) is 174 cm³/mol. The number of carbonyl (C=O) groups is 3. The molecule has 15 heteroatoms. The van der Waals surface area contributed by atoms with E-state index in [-0.39, 0.29) is 54.9 Å². The van der Waals surface area contributed by atoms with Crippen molar-refractivity contribution >= 4 is 61.5 Å². The molecule has 2 amide bonds. The first-order chi connectivity index (χ1) is 22.0. The van der Waals surface area contributed by atoms with E-state index in [1.165, 1.54) is 20.5 Å². The van der Waals surface area contributed by atoms with Crippen molar-refractivity contribution in [2.45, 2.75) is 43.8 Å². The summed E-state index contributed by atoms with van der Waals surface area (Å²) in [4.78, 5) is 50.9. The largest absolute Gasteiger partial charge is 0.465 e. The molecule has 2 unspecified atom stereocenters. The maximum atomic E-state index is 14.1. The number of fused-ring (bicyclic) bond motifs is 2. The highest BCUT2D eigenvalue weighted by Crippen LogP contribution is 2.29. The van der Waals surface area contributed by atoms with Crippen LogP contribution in [-0.2, 0) is 37.3 Å². The Bertz CT molecular complexity index is 1760. The summed E-state index contributed by atoms with van der Waals surface area (Å²) in [6, 6.07) is 9.32. The third-order valence-corrected chi connectivity index (χ3v) is 11.9. The lowest BCUT2D eigenvalue weighted by Crippen LogP contribution is -2.63. The summed E-state index contributed by atoms with van der Waals surface area (Å²) in [5.41, 5.74) is 0.888. The minimum Gasteiger partial charge on any atom is -0.465 e. The van der Waals surface area contributed by atoms with Crippen molar-refractivity contribution in [2.75, 3.05) is 59.0 Å². The van der Waals surface area contributed by atoms with E-state index in [0.29, 0.717) is 55.8 Å². The second kappa shape index (κ2) is 13.5. The molecule has 1 aromatic heterocycles. The van der Waals surface area contributed by atoms with E-state index in [0.717, 1.165) is 21.3 Å². The maximum absolute atomic E-state index is 14.1. The highest BCUT2D eigenvalue weighted by Gasteiger charge is 2.43. The molecule has 1 N–H and O–H groups in total. The van der Waals surface area contributed by atoms with Gasteiger partial charge in [0, 0.05) is 74.7 Å². The fraction of sp³-hybridized carbons (Fsp3) is 0.484. The van der Waals surface area contributed by atoms with Gasteiger partial charge in [-0.3, -0.25) is 19.3 Å². The van der Waals surface area contributed by atoms with Gasteiger partial charge in [0.05, 0.1) is 23.7 Å². The maximum Gasteiger partial charge on any atom is 0.320 e. The lowest BCUT2D eigenvalue weighted by molar-refractivity contribution is -0.145. The van der Waals surface area contributed by atoms with E-state index in [1.54, 1.807) is 48.2 Å². The average Bonchev–Trinajstić information content (AvgIpc) is 3.47. The van der Waals surface area contributed by atoms with Crippen LogP contribution in [-0.4, -0.2) is 121 Å². The van der Waals surface area contributed by atoms with Crippen LogP contribution in [0.5, 0.6) is 0 Å². The number of piperazine rings is 2. The van der Waals surface area contributed by atoms with Gasteiger partial charge < -0.3 is 19.9 Å². The molecule has 0 spiro atoms. The lowest BCUT2D eigenvalue weighted by atomic mass is 10.1. The molecule has 2 atom stereocenters. The Balaban J connectivity index is 1.25. The Kier molecular flexibility index (Phi) is 9.65. The second-order valence-electron chi connectivity index (χ2n) is 11.8. The summed E-state index contributed by atoms with van der Waals surface area (Å²) in [6.45, 7) is 6.37. The first-order valence-electron chi connectivity index (χ1n) is 15.4. The van der Waals surface area contributed by atoms with Crippen molar-refractivity contribution in [1.82, 2.24) is 29.3 Å². The van der Waals surface area contributed by atoms with Crippen LogP contribution >= 0.6 is 22.9 Å². The number of hydrogen-bond donors (Lipinski definition) is 1.